The maximum atomic E-state index is 14.3. The monoisotopic (exact) mass is 929 g/mol. The molecule has 1 saturated heterocycles. The number of carbonyl (C=O) groups is 2. The summed E-state index contributed by atoms with van der Waals surface area (Å²) in [6.45, 7) is 5.13. The number of aliphatic hydroxyl groups is 2. The van der Waals surface area contributed by atoms with Gasteiger partial charge in [-0.25, -0.2) is 9.69 Å². The van der Waals surface area contributed by atoms with Crippen molar-refractivity contribution in [2.45, 2.75) is 50.9 Å². The Morgan fingerprint density at radius 2 is 1.21 bits per heavy atom. The Kier molecular flexibility index (Phi) is 12.0. The number of hydrogen-bond donors (Lipinski definition) is 3. The van der Waals surface area contributed by atoms with Crippen molar-refractivity contribution in [2.24, 2.45) is 5.41 Å². The van der Waals surface area contributed by atoms with E-state index in [1.807, 2.05) is 127 Å². The summed E-state index contributed by atoms with van der Waals surface area (Å²) in [5.74, 6) is -0.649. The molecule has 8 rings (SSSR count). The molecule has 3 N–H and O–H groups in total. The predicted molar refractivity (Wildman–Crippen MR) is 240 cm³/mol. The van der Waals surface area contributed by atoms with Crippen LogP contribution < -0.4 is 15.0 Å². The zero-order valence-electron chi connectivity index (χ0n) is 33.6. The molecule has 0 radical (unpaired) electrons. The summed E-state index contributed by atoms with van der Waals surface area (Å²) in [4.78, 5) is 38.2. The van der Waals surface area contributed by atoms with Crippen molar-refractivity contribution in [1.82, 2.24) is 14.5 Å². The number of benzene rings is 5. The number of carbonyl (C=O) groups excluding carboxylic acids is 2. The van der Waals surface area contributed by atoms with Crippen LogP contribution in [-0.2, 0) is 19.9 Å². The van der Waals surface area contributed by atoms with Crippen LogP contribution in [0.4, 0.5) is 22.1 Å². The third-order valence-electron chi connectivity index (χ3n) is 10.5. The molecule has 2 aromatic heterocycles. The molecule has 61 heavy (non-hydrogen) atoms. The van der Waals surface area contributed by atoms with Gasteiger partial charge in [-0.15, -0.1) is 0 Å². The molecule has 310 valence electrons. The van der Waals surface area contributed by atoms with Crippen LogP contribution in [0.25, 0.3) is 11.0 Å². The number of para-hydroxylation sites is 2. The smallest absolute Gasteiger partial charge is 0.390 e. The number of ether oxygens (including phenoxy) is 3. The Balaban J connectivity index is 1.17. The average Bonchev–Trinajstić information content (AvgIpc) is 3.76. The van der Waals surface area contributed by atoms with Crippen LogP contribution in [0.2, 0.25) is 0 Å². The molecule has 5 aromatic carbocycles. The normalized spacial score (nSPS) is 17.9. The van der Waals surface area contributed by atoms with Crippen LogP contribution >= 0.6 is 22.6 Å². The summed E-state index contributed by atoms with van der Waals surface area (Å²) in [5.41, 5.74) is 1.96. The zero-order chi connectivity index (χ0) is 42.7. The number of aromatic nitrogens is 3. The number of nitrogens with one attached hydrogen (secondary N) is 1. The van der Waals surface area contributed by atoms with E-state index in [0.29, 0.717) is 20.3 Å². The molecule has 0 bridgehead atoms. The molecular weight excluding hydrogens is 885 g/mol. The molecule has 13 heteroatoms. The highest BCUT2D eigenvalue weighted by Gasteiger charge is 2.47. The molecule has 2 amide bonds. The Labute approximate surface area is 366 Å². The van der Waals surface area contributed by atoms with Gasteiger partial charge in [0.05, 0.1) is 23.4 Å². The summed E-state index contributed by atoms with van der Waals surface area (Å²) < 4.78 is 21.7. The van der Waals surface area contributed by atoms with E-state index in [1.54, 1.807) is 55.8 Å². The van der Waals surface area contributed by atoms with Crippen LogP contribution in [-0.4, -0.2) is 61.7 Å². The number of hydrogen-bond acceptors (Lipinski definition) is 9. The molecule has 0 saturated carbocycles. The highest BCUT2D eigenvalue weighted by molar-refractivity contribution is 14.1. The minimum absolute atomic E-state index is 0.122. The van der Waals surface area contributed by atoms with E-state index in [2.05, 4.69) is 32.9 Å². The summed E-state index contributed by atoms with van der Waals surface area (Å²) in [6.07, 6.45) is -4.11. The van der Waals surface area contributed by atoms with Crippen LogP contribution in [0.1, 0.15) is 43.7 Å². The third kappa shape index (κ3) is 8.39. The number of amides is 2. The molecular formula is C48H44IN5O7. The number of rotatable bonds is 11. The fourth-order valence-electron chi connectivity index (χ4n) is 7.40. The lowest BCUT2D eigenvalue weighted by molar-refractivity contribution is -0.123. The highest BCUT2D eigenvalue weighted by Crippen LogP contribution is 2.43. The second kappa shape index (κ2) is 17.6. The van der Waals surface area contributed by atoms with Gasteiger partial charge in [0.25, 0.3) is 0 Å². The Morgan fingerprint density at radius 1 is 0.738 bits per heavy atom. The van der Waals surface area contributed by atoms with Gasteiger partial charge in [0.2, 0.25) is 17.7 Å². The molecule has 1 aliphatic rings. The first kappa shape index (κ1) is 41.8. The quantitative estimate of drug-likeness (QED) is 0.0854. The van der Waals surface area contributed by atoms with Crippen molar-refractivity contribution >= 4 is 62.9 Å². The maximum Gasteiger partial charge on any atom is 0.425 e. The van der Waals surface area contributed by atoms with Gasteiger partial charge < -0.3 is 29.0 Å². The van der Waals surface area contributed by atoms with Crippen LogP contribution in [0.15, 0.2) is 158 Å². The third-order valence-corrected chi connectivity index (χ3v) is 11.3. The van der Waals surface area contributed by atoms with Crippen molar-refractivity contribution in [3.63, 3.8) is 0 Å². The van der Waals surface area contributed by atoms with E-state index in [4.69, 9.17) is 19.2 Å². The van der Waals surface area contributed by atoms with Gasteiger partial charge in [0.1, 0.15) is 23.9 Å². The first-order valence-corrected chi connectivity index (χ1v) is 20.9. The van der Waals surface area contributed by atoms with Crippen molar-refractivity contribution in [3.8, 4) is 5.88 Å². The Bertz CT molecular complexity index is 2470. The summed E-state index contributed by atoms with van der Waals surface area (Å²) in [5, 5.41) is 26.5. The number of nitrogens with zero attached hydrogens (tertiary/aromatic N) is 4. The van der Waals surface area contributed by atoms with Gasteiger partial charge in [-0.1, -0.05) is 148 Å². The fourth-order valence-corrected chi connectivity index (χ4v) is 8.17. The van der Waals surface area contributed by atoms with Crippen molar-refractivity contribution in [3.05, 3.63) is 178 Å². The van der Waals surface area contributed by atoms with Gasteiger partial charge >= 0.3 is 6.09 Å². The lowest BCUT2D eigenvalue weighted by Crippen LogP contribution is -2.39. The zero-order valence-corrected chi connectivity index (χ0v) is 35.8. The second-order valence-corrected chi connectivity index (χ2v) is 16.8. The fraction of sp³-hybridized carbons (Fsp3) is 0.208. The minimum Gasteiger partial charge on any atom is -0.390 e. The number of anilines is 3. The Morgan fingerprint density at radius 3 is 1.69 bits per heavy atom. The standard InChI is InChI=1S/C48H44IN5O7/c1-47(2,3)44(57)52-45-50-41-38(42(51-45)61-46(58)54(34-25-15-7-16-26-34)35-27-17-8-18-28-35)36(49)29-53(41)43-40(56)39(55)37(60-43)30-59-48(31-19-9-4-10-20-31,32-21-11-5-12-22-32)33-23-13-6-14-24-33/h4-29,37,39-40,43,55-56H,30H2,1-3H3,(H,50,51,52,57)/t37?,39-,40-,43?/m1/s1. The molecule has 1 fully saturated rings. The van der Waals surface area contributed by atoms with Crippen LogP contribution in [0, 0.1) is 8.99 Å². The van der Waals surface area contributed by atoms with Gasteiger partial charge in [0.15, 0.2) is 11.9 Å². The molecule has 4 atom stereocenters. The molecule has 0 spiro atoms. The predicted octanol–water partition coefficient (Wildman–Crippen LogP) is 8.99. The number of halogens is 1. The molecule has 7 aromatic rings. The molecule has 3 heterocycles. The van der Waals surface area contributed by atoms with Crippen LogP contribution in [0.5, 0.6) is 5.88 Å². The lowest BCUT2D eigenvalue weighted by Gasteiger charge is -2.37. The second-order valence-electron chi connectivity index (χ2n) is 15.7. The Hall–Kier alpha value is -5.97. The number of aliphatic hydroxyl groups excluding tert-OH is 2. The SMILES string of the molecule is CC(C)(C)C(=O)Nc1nc(OC(=O)N(c2ccccc2)c2ccccc2)c2c(I)cn(C3OC(COC(c4ccccc4)(c4ccccc4)c4ccccc4)[C@@H](O)[C@H]3O)c2n1. The number of fused-ring (bicyclic) bond motifs is 1. The maximum absolute atomic E-state index is 14.3. The van der Waals surface area contributed by atoms with E-state index >= 15 is 0 Å². The van der Waals surface area contributed by atoms with Gasteiger partial charge in [-0.3, -0.25) is 10.1 Å². The van der Waals surface area contributed by atoms with Gasteiger partial charge in [0, 0.05) is 15.2 Å². The van der Waals surface area contributed by atoms with Gasteiger partial charge in [-0.2, -0.15) is 9.97 Å². The first-order chi connectivity index (χ1) is 29.5. The average molecular weight is 930 g/mol. The van der Waals surface area contributed by atoms with Crippen molar-refractivity contribution in [2.75, 3.05) is 16.8 Å². The van der Waals surface area contributed by atoms with E-state index in [0.717, 1.165) is 16.7 Å². The van der Waals surface area contributed by atoms with Crippen molar-refractivity contribution < 1.29 is 34.0 Å². The molecule has 0 aliphatic carbocycles. The van der Waals surface area contributed by atoms with E-state index in [1.165, 1.54) is 4.90 Å². The van der Waals surface area contributed by atoms with E-state index < -0.39 is 41.6 Å². The summed E-state index contributed by atoms with van der Waals surface area (Å²) >= 11 is 2.07. The first-order valence-electron chi connectivity index (χ1n) is 19.8. The molecule has 12 nitrogen and oxygen atoms in total. The van der Waals surface area contributed by atoms with Crippen molar-refractivity contribution in [1.29, 1.82) is 0 Å². The topological polar surface area (TPSA) is 148 Å². The minimum atomic E-state index is -1.44. The van der Waals surface area contributed by atoms with Gasteiger partial charge in [-0.05, 0) is 63.5 Å². The largest absolute Gasteiger partial charge is 0.425 e. The highest BCUT2D eigenvalue weighted by atomic mass is 127. The molecule has 1 aliphatic heterocycles. The van der Waals surface area contributed by atoms with E-state index in [9.17, 15) is 19.8 Å². The van der Waals surface area contributed by atoms with E-state index in [-0.39, 0.29) is 30.0 Å². The molecule has 2 unspecified atom stereocenters. The lowest BCUT2D eigenvalue weighted by atomic mass is 9.80. The van der Waals surface area contributed by atoms with Crippen LogP contribution in [0.3, 0.4) is 0 Å². The summed E-state index contributed by atoms with van der Waals surface area (Å²) in [7, 11) is 0. The summed E-state index contributed by atoms with van der Waals surface area (Å²) in [6, 6.07) is 47.6.